The Bertz CT molecular complexity index is 675. The minimum atomic E-state index is -0.0816. The molecule has 2 aromatic rings. The zero-order valence-electron chi connectivity index (χ0n) is 12.3. The Kier molecular flexibility index (Phi) is 3.59. The van der Waals surface area contributed by atoms with Crippen LogP contribution in [0.3, 0.4) is 0 Å². The van der Waals surface area contributed by atoms with Crippen molar-refractivity contribution in [1.29, 1.82) is 0 Å². The largest absolute Gasteiger partial charge is 0.397 e. The lowest BCUT2D eigenvalue weighted by Crippen LogP contribution is -2.57. The number of pyridine rings is 1. The number of nitrogens with two attached hydrogens (primary N) is 1. The molecule has 0 aliphatic heterocycles. The number of hydrogen-bond donors (Lipinski definition) is 2. The van der Waals surface area contributed by atoms with Gasteiger partial charge in [0.15, 0.2) is 0 Å². The highest BCUT2D eigenvalue weighted by Gasteiger charge is 2.39. The molecule has 1 saturated carbocycles. The van der Waals surface area contributed by atoms with Gasteiger partial charge in [-0.25, -0.2) is 0 Å². The molecular weight excluding hydrogens is 284 g/mol. The first-order valence-electron chi connectivity index (χ1n) is 7.11. The standard InChI is InChI=1S/C15H20N4OS/c1-19(2)15(5-3-6-15)9-18-14(20)13-12(16)10-4-7-17-8-11(10)21-13/h4,7-8H,3,5-6,9,16H2,1-2H3,(H,18,20). The number of thiophene rings is 1. The summed E-state index contributed by atoms with van der Waals surface area (Å²) < 4.78 is 0.950. The Morgan fingerprint density at radius 1 is 1.52 bits per heavy atom. The first-order chi connectivity index (χ1) is 10.0. The van der Waals surface area contributed by atoms with E-state index in [1.165, 1.54) is 17.8 Å². The number of anilines is 1. The van der Waals surface area contributed by atoms with E-state index in [4.69, 9.17) is 5.73 Å². The molecule has 0 spiro atoms. The molecule has 1 fully saturated rings. The number of carbonyl (C=O) groups excluding carboxylic acids is 1. The molecule has 1 amide bonds. The van der Waals surface area contributed by atoms with Gasteiger partial charge >= 0.3 is 0 Å². The van der Waals surface area contributed by atoms with Crippen LogP contribution in [0.2, 0.25) is 0 Å². The second kappa shape index (κ2) is 5.27. The number of nitrogens with zero attached hydrogens (tertiary/aromatic N) is 2. The minimum absolute atomic E-state index is 0.0816. The summed E-state index contributed by atoms with van der Waals surface area (Å²) in [6, 6.07) is 1.85. The Morgan fingerprint density at radius 3 is 2.86 bits per heavy atom. The number of amides is 1. The first kappa shape index (κ1) is 14.3. The predicted octanol–water partition coefficient (Wildman–Crippen LogP) is 2.09. The fourth-order valence-electron chi connectivity index (χ4n) is 2.83. The molecule has 6 heteroatoms. The van der Waals surface area contributed by atoms with Crippen molar-refractivity contribution in [3.8, 4) is 0 Å². The lowest BCUT2D eigenvalue weighted by molar-refractivity contribution is 0.0559. The van der Waals surface area contributed by atoms with Crippen molar-refractivity contribution in [1.82, 2.24) is 15.2 Å². The zero-order chi connectivity index (χ0) is 15.0. The summed E-state index contributed by atoms with van der Waals surface area (Å²) >= 11 is 1.40. The number of fused-ring (bicyclic) bond motifs is 1. The van der Waals surface area contributed by atoms with Gasteiger partial charge in [0.25, 0.3) is 5.91 Å². The number of likely N-dealkylation sites (N-methyl/N-ethyl adjacent to an activating group) is 1. The van der Waals surface area contributed by atoms with Gasteiger partial charge in [-0.05, 0) is 39.4 Å². The third-order valence-electron chi connectivity index (χ3n) is 4.55. The summed E-state index contributed by atoms with van der Waals surface area (Å²) in [7, 11) is 4.15. The van der Waals surface area contributed by atoms with Crippen molar-refractivity contribution in [3.05, 3.63) is 23.3 Å². The molecule has 3 rings (SSSR count). The van der Waals surface area contributed by atoms with Crippen LogP contribution in [-0.2, 0) is 0 Å². The summed E-state index contributed by atoms with van der Waals surface area (Å²) in [6.45, 7) is 0.671. The van der Waals surface area contributed by atoms with Gasteiger partial charge in [0.2, 0.25) is 0 Å². The number of rotatable bonds is 4. The van der Waals surface area contributed by atoms with Crippen LogP contribution in [0.4, 0.5) is 5.69 Å². The van der Waals surface area contributed by atoms with Gasteiger partial charge in [-0.3, -0.25) is 9.78 Å². The van der Waals surface area contributed by atoms with E-state index in [0.29, 0.717) is 17.1 Å². The van der Waals surface area contributed by atoms with Crippen LogP contribution in [0.1, 0.15) is 28.9 Å². The van der Waals surface area contributed by atoms with Crippen LogP contribution in [0.15, 0.2) is 18.5 Å². The van der Waals surface area contributed by atoms with Crippen molar-refractivity contribution < 1.29 is 4.79 Å². The second-order valence-corrected chi connectivity index (χ2v) is 6.92. The van der Waals surface area contributed by atoms with Crippen molar-refractivity contribution in [2.24, 2.45) is 0 Å². The molecule has 5 nitrogen and oxygen atoms in total. The predicted molar refractivity (Wildman–Crippen MR) is 86.6 cm³/mol. The Labute approximate surface area is 128 Å². The third kappa shape index (κ3) is 2.38. The normalized spacial score (nSPS) is 16.9. The van der Waals surface area contributed by atoms with Crippen molar-refractivity contribution in [2.75, 3.05) is 26.4 Å². The number of nitrogens with one attached hydrogen (secondary N) is 1. The minimum Gasteiger partial charge on any atom is -0.397 e. The highest BCUT2D eigenvalue weighted by Crippen LogP contribution is 2.36. The van der Waals surface area contributed by atoms with Gasteiger partial charge in [-0.2, -0.15) is 0 Å². The Hall–Kier alpha value is -1.66. The fourth-order valence-corrected chi connectivity index (χ4v) is 3.84. The topological polar surface area (TPSA) is 71.2 Å². The fraction of sp³-hybridized carbons (Fsp3) is 0.467. The second-order valence-electron chi connectivity index (χ2n) is 5.87. The number of aromatic nitrogens is 1. The average molecular weight is 304 g/mol. The molecule has 0 radical (unpaired) electrons. The van der Waals surface area contributed by atoms with Crippen molar-refractivity contribution >= 4 is 33.0 Å². The zero-order valence-corrected chi connectivity index (χ0v) is 13.2. The average Bonchev–Trinajstić information content (AvgIpc) is 2.75. The Balaban J connectivity index is 1.77. The van der Waals surface area contributed by atoms with Gasteiger partial charge in [0.05, 0.1) is 10.4 Å². The lowest BCUT2D eigenvalue weighted by atomic mass is 9.75. The first-order valence-corrected chi connectivity index (χ1v) is 7.93. The van der Waals surface area contributed by atoms with Crippen LogP contribution >= 0.6 is 11.3 Å². The molecular formula is C15H20N4OS. The third-order valence-corrected chi connectivity index (χ3v) is 5.70. The molecule has 112 valence electrons. The quantitative estimate of drug-likeness (QED) is 0.907. The molecule has 1 aliphatic carbocycles. The molecule has 3 N–H and O–H groups in total. The van der Waals surface area contributed by atoms with Gasteiger partial charge in [-0.1, -0.05) is 0 Å². The summed E-state index contributed by atoms with van der Waals surface area (Å²) in [5, 5.41) is 3.96. The number of carbonyl (C=O) groups is 1. The van der Waals surface area contributed by atoms with Crippen LogP contribution in [0.25, 0.3) is 10.1 Å². The molecule has 2 heterocycles. The maximum absolute atomic E-state index is 12.4. The smallest absolute Gasteiger partial charge is 0.263 e. The van der Waals surface area contributed by atoms with E-state index < -0.39 is 0 Å². The molecule has 1 aliphatic rings. The van der Waals surface area contributed by atoms with Gasteiger partial charge in [0, 0.05) is 29.9 Å². The van der Waals surface area contributed by atoms with Crippen molar-refractivity contribution in [3.63, 3.8) is 0 Å². The molecule has 0 atom stereocenters. The highest BCUT2D eigenvalue weighted by molar-refractivity contribution is 7.21. The molecule has 0 saturated heterocycles. The lowest BCUT2D eigenvalue weighted by Gasteiger charge is -2.47. The maximum atomic E-state index is 12.4. The summed E-state index contributed by atoms with van der Waals surface area (Å²) in [5.41, 5.74) is 6.77. The van der Waals surface area contributed by atoms with Crippen LogP contribution in [-0.4, -0.2) is 42.0 Å². The summed E-state index contributed by atoms with van der Waals surface area (Å²) in [5.74, 6) is -0.0816. The maximum Gasteiger partial charge on any atom is 0.263 e. The molecule has 0 aromatic carbocycles. The van der Waals surface area contributed by atoms with E-state index in [2.05, 4.69) is 29.3 Å². The van der Waals surface area contributed by atoms with E-state index in [-0.39, 0.29) is 11.4 Å². The molecule has 0 unspecified atom stereocenters. The molecule has 21 heavy (non-hydrogen) atoms. The van der Waals surface area contributed by atoms with E-state index in [0.717, 1.165) is 22.9 Å². The van der Waals surface area contributed by atoms with E-state index in [1.54, 1.807) is 12.4 Å². The van der Waals surface area contributed by atoms with E-state index >= 15 is 0 Å². The molecule has 0 bridgehead atoms. The van der Waals surface area contributed by atoms with E-state index in [1.807, 2.05) is 6.07 Å². The van der Waals surface area contributed by atoms with Crippen LogP contribution < -0.4 is 11.1 Å². The summed E-state index contributed by atoms with van der Waals surface area (Å²) in [6.07, 6.45) is 6.94. The highest BCUT2D eigenvalue weighted by atomic mass is 32.1. The van der Waals surface area contributed by atoms with Gasteiger partial charge in [0.1, 0.15) is 4.88 Å². The SMILES string of the molecule is CN(C)C1(CNC(=O)c2sc3cnccc3c2N)CCC1. The van der Waals surface area contributed by atoms with Crippen LogP contribution in [0, 0.1) is 0 Å². The van der Waals surface area contributed by atoms with Gasteiger partial charge < -0.3 is 16.0 Å². The van der Waals surface area contributed by atoms with E-state index in [9.17, 15) is 4.79 Å². The molecule has 2 aromatic heterocycles. The summed E-state index contributed by atoms with van der Waals surface area (Å²) in [4.78, 5) is 19.3. The monoisotopic (exact) mass is 304 g/mol. The van der Waals surface area contributed by atoms with Crippen molar-refractivity contribution in [2.45, 2.75) is 24.8 Å². The number of hydrogen-bond acceptors (Lipinski definition) is 5. The Morgan fingerprint density at radius 2 is 2.29 bits per heavy atom. The van der Waals surface area contributed by atoms with Gasteiger partial charge in [-0.15, -0.1) is 11.3 Å². The number of nitrogen functional groups attached to an aromatic ring is 1. The van der Waals surface area contributed by atoms with Crippen LogP contribution in [0.5, 0.6) is 0 Å².